The van der Waals surface area contributed by atoms with Gasteiger partial charge < -0.3 is 4.74 Å². The van der Waals surface area contributed by atoms with Crippen molar-refractivity contribution in [3.63, 3.8) is 0 Å². The van der Waals surface area contributed by atoms with E-state index in [2.05, 4.69) is 25.2 Å². The predicted octanol–water partition coefficient (Wildman–Crippen LogP) is 5.38. The van der Waals surface area contributed by atoms with Gasteiger partial charge in [-0.05, 0) is 44.3 Å². The van der Waals surface area contributed by atoms with E-state index in [-0.39, 0.29) is 0 Å². The maximum absolute atomic E-state index is 5.66. The third kappa shape index (κ3) is 8.06. The van der Waals surface area contributed by atoms with Crippen LogP contribution in [0.2, 0.25) is 0 Å². The summed E-state index contributed by atoms with van der Waals surface area (Å²) in [7, 11) is 0. The zero-order valence-corrected chi connectivity index (χ0v) is 11.4. The molecule has 0 amide bonds. The Balaban J connectivity index is 1.88. The standard InChI is InChI=1S/C16H28O/c1-2-3-4-5-6-7-8-12-15-17-16-13-10-9-11-14-16/h10,12-13,15-16H,2-9,11,14H2,1H3/b15-12+. The van der Waals surface area contributed by atoms with Crippen molar-refractivity contribution in [3.8, 4) is 0 Å². The van der Waals surface area contributed by atoms with E-state index in [4.69, 9.17) is 4.74 Å². The lowest BCUT2D eigenvalue weighted by molar-refractivity contribution is 0.170. The Labute approximate surface area is 107 Å². The molecule has 1 aliphatic carbocycles. The van der Waals surface area contributed by atoms with Crippen LogP contribution in [0.5, 0.6) is 0 Å². The van der Waals surface area contributed by atoms with Gasteiger partial charge in [-0.1, -0.05) is 45.1 Å². The molecular weight excluding hydrogens is 208 g/mol. The Kier molecular flexibility index (Phi) is 8.80. The predicted molar refractivity (Wildman–Crippen MR) is 75.0 cm³/mol. The van der Waals surface area contributed by atoms with Crippen LogP contribution in [0.25, 0.3) is 0 Å². The van der Waals surface area contributed by atoms with Crippen LogP contribution in [-0.4, -0.2) is 6.10 Å². The average molecular weight is 236 g/mol. The van der Waals surface area contributed by atoms with Crippen LogP contribution in [0.1, 0.15) is 71.1 Å². The highest BCUT2D eigenvalue weighted by Crippen LogP contribution is 2.14. The van der Waals surface area contributed by atoms with Crippen LogP contribution in [0.4, 0.5) is 0 Å². The van der Waals surface area contributed by atoms with Gasteiger partial charge in [-0.25, -0.2) is 0 Å². The molecule has 0 spiro atoms. The normalized spacial score (nSPS) is 19.9. The minimum atomic E-state index is 0.338. The second-order valence-corrected chi connectivity index (χ2v) is 4.96. The van der Waals surface area contributed by atoms with Crippen LogP contribution in [0.3, 0.4) is 0 Å². The van der Waals surface area contributed by atoms with E-state index in [1.54, 1.807) is 0 Å². The Morgan fingerprint density at radius 2 is 2.00 bits per heavy atom. The van der Waals surface area contributed by atoms with Crippen LogP contribution < -0.4 is 0 Å². The second-order valence-electron chi connectivity index (χ2n) is 4.96. The van der Waals surface area contributed by atoms with Crippen molar-refractivity contribution in [2.75, 3.05) is 0 Å². The maximum atomic E-state index is 5.66. The van der Waals surface area contributed by atoms with Crippen LogP contribution in [0, 0.1) is 0 Å². The Hall–Kier alpha value is -0.720. The number of hydrogen-bond donors (Lipinski definition) is 0. The van der Waals surface area contributed by atoms with Gasteiger partial charge in [0.05, 0.1) is 6.26 Å². The summed E-state index contributed by atoms with van der Waals surface area (Å²) in [6.45, 7) is 2.26. The van der Waals surface area contributed by atoms with Crippen LogP contribution in [-0.2, 0) is 4.74 Å². The highest BCUT2D eigenvalue weighted by Gasteiger charge is 2.06. The molecule has 0 aromatic heterocycles. The third-order valence-corrected chi connectivity index (χ3v) is 3.28. The molecule has 1 aliphatic rings. The molecule has 1 unspecified atom stereocenters. The van der Waals surface area contributed by atoms with E-state index < -0.39 is 0 Å². The fourth-order valence-corrected chi connectivity index (χ4v) is 2.16. The molecule has 0 aromatic carbocycles. The first kappa shape index (κ1) is 14.3. The average Bonchev–Trinajstić information content (AvgIpc) is 2.38. The van der Waals surface area contributed by atoms with E-state index in [9.17, 15) is 0 Å². The molecule has 1 atom stereocenters. The Morgan fingerprint density at radius 3 is 2.76 bits per heavy atom. The van der Waals surface area contributed by atoms with Gasteiger partial charge in [0.25, 0.3) is 0 Å². The molecule has 0 saturated heterocycles. The van der Waals surface area contributed by atoms with Gasteiger partial charge >= 0.3 is 0 Å². The summed E-state index contributed by atoms with van der Waals surface area (Å²) in [5.41, 5.74) is 0. The largest absolute Gasteiger partial charge is 0.494 e. The summed E-state index contributed by atoms with van der Waals surface area (Å²) in [5.74, 6) is 0. The van der Waals surface area contributed by atoms with E-state index in [0.29, 0.717) is 6.10 Å². The number of allylic oxidation sites excluding steroid dienone is 2. The lowest BCUT2D eigenvalue weighted by atomic mass is 10.1. The molecule has 0 bridgehead atoms. The lowest BCUT2D eigenvalue weighted by Crippen LogP contribution is -2.08. The number of unbranched alkanes of at least 4 members (excludes halogenated alkanes) is 6. The van der Waals surface area contributed by atoms with Crippen LogP contribution >= 0.6 is 0 Å². The maximum Gasteiger partial charge on any atom is 0.116 e. The Morgan fingerprint density at radius 1 is 1.18 bits per heavy atom. The van der Waals surface area contributed by atoms with Gasteiger partial charge in [-0.3, -0.25) is 0 Å². The van der Waals surface area contributed by atoms with Crippen LogP contribution in [0.15, 0.2) is 24.5 Å². The lowest BCUT2D eigenvalue weighted by Gasteiger charge is -2.15. The van der Waals surface area contributed by atoms with Crippen molar-refractivity contribution in [2.24, 2.45) is 0 Å². The summed E-state index contributed by atoms with van der Waals surface area (Å²) in [5, 5.41) is 0. The van der Waals surface area contributed by atoms with Gasteiger partial charge in [0.15, 0.2) is 0 Å². The first-order valence-corrected chi connectivity index (χ1v) is 7.40. The van der Waals surface area contributed by atoms with E-state index in [0.717, 1.165) is 0 Å². The number of ether oxygens (including phenoxy) is 1. The molecule has 1 nitrogen and oxygen atoms in total. The van der Waals surface area contributed by atoms with E-state index >= 15 is 0 Å². The summed E-state index contributed by atoms with van der Waals surface area (Å²) in [4.78, 5) is 0. The van der Waals surface area contributed by atoms with Crippen molar-refractivity contribution in [3.05, 3.63) is 24.5 Å². The minimum Gasteiger partial charge on any atom is -0.494 e. The fraction of sp³-hybridized carbons (Fsp3) is 0.750. The Bertz CT molecular complexity index is 218. The molecule has 0 fully saturated rings. The topological polar surface area (TPSA) is 9.23 Å². The SMILES string of the molecule is CCCCCCCC/C=C/OC1C=CCCC1. The first-order valence-electron chi connectivity index (χ1n) is 7.40. The third-order valence-electron chi connectivity index (χ3n) is 3.28. The molecule has 0 saturated carbocycles. The van der Waals surface area contributed by atoms with E-state index in [1.807, 2.05) is 6.26 Å². The van der Waals surface area contributed by atoms with Crippen molar-refractivity contribution in [1.29, 1.82) is 0 Å². The fourth-order valence-electron chi connectivity index (χ4n) is 2.16. The van der Waals surface area contributed by atoms with E-state index in [1.165, 1.54) is 64.2 Å². The summed E-state index contributed by atoms with van der Waals surface area (Å²) >= 11 is 0. The first-order chi connectivity index (χ1) is 8.43. The van der Waals surface area contributed by atoms with Gasteiger partial charge in [-0.15, -0.1) is 0 Å². The summed E-state index contributed by atoms with van der Waals surface area (Å²) in [6.07, 6.45) is 21.9. The summed E-state index contributed by atoms with van der Waals surface area (Å²) in [6, 6.07) is 0. The molecule has 0 aliphatic heterocycles. The van der Waals surface area contributed by atoms with Gasteiger partial charge in [0.2, 0.25) is 0 Å². The minimum absolute atomic E-state index is 0.338. The quantitative estimate of drug-likeness (QED) is 0.297. The van der Waals surface area contributed by atoms with Crippen molar-refractivity contribution in [1.82, 2.24) is 0 Å². The molecule has 0 N–H and O–H groups in total. The highest BCUT2D eigenvalue weighted by molar-refractivity contribution is 4.95. The number of hydrogen-bond acceptors (Lipinski definition) is 1. The van der Waals surface area contributed by atoms with Gasteiger partial charge in [0.1, 0.15) is 6.10 Å². The molecule has 1 heteroatoms. The number of rotatable bonds is 9. The second kappa shape index (κ2) is 10.4. The molecule has 0 radical (unpaired) electrons. The molecular formula is C16H28O. The van der Waals surface area contributed by atoms with Gasteiger partial charge in [-0.2, -0.15) is 0 Å². The molecule has 17 heavy (non-hydrogen) atoms. The highest BCUT2D eigenvalue weighted by atomic mass is 16.5. The molecule has 0 heterocycles. The zero-order chi connectivity index (χ0) is 12.2. The summed E-state index contributed by atoms with van der Waals surface area (Å²) < 4.78 is 5.66. The molecule has 0 aromatic rings. The molecule has 98 valence electrons. The monoisotopic (exact) mass is 236 g/mol. The zero-order valence-electron chi connectivity index (χ0n) is 11.4. The van der Waals surface area contributed by atoms with Crippen molar-refractivity contribution in [2.45, 2.75) is 77.2 Å². The molecule has 1 rings (SSSR count). The smallest absolute Gasteiger partial charge is 0.116 e. The van der Waals surface area contributed by atoms with Gasteiger partial charge in [0, 0.05) is 0 Å². The van der Waals surface area contributed by atoms with Crippen molar-refractivity contribution >= 4 is 0 Å². The van der Waals surface area contributed by atoms with Crippen molar-refractivity contribution < 1.29 is 4.74 Å².